The lowest BCUT2D eigenvalue weighted by Gasteiger charge is -2.10. The smallest absolute Gasteiger partial charge is 0.154 e. The lowest BCUT2D eigenvalue weighted by molar-refractivity contribution is 0.591. The second-order valence-corrected chi connectivity index (χ2v) is 7.00. The third kappa shape index (κ3) is 2.94. The molecule has 0 aromatic carbocycles. The molecule has 1 unspecified atom stereocenters. The number of nitrogens with two attached hydrogens (primary N) is 1. The Morgan fingerprint density at radius 2 is 2.28 bits per heavy atom. The van der Waals surface area contributed by atoms with Gasteiger partial charge in [-0.05, 0) is 12.8 Å². The number of hydrogen-bond donors (Lipinski definition) is 2. The fourth-order valence-corrected chi connectivity index (χ4v) is 3.72. The average molecular weight is 286 g/mol. The van der Waals surface area contributed by atoms with Gasteiger partial charge >= 0.3 is 0 Å². The highest BCUT2D eigenvalue weighted by molar-refractivity contribution is 7.92. The van der Waals surface area contributed by atoms with Crippen molar-refractivity contribution in [1.29, 1.82) is 0 Å². The number of aromatic nitrogens is 2. The summed E-state index contributed by atoms with van der Waals surface area (Å²) < 4.78 is 23.2. The molecular weight excluding hydrogens is 272 g/mol. The topological polar surface area (TPSA) is 98.0 Å². The van der Waals surface area contributed by atoms with E-state index in [1.165, 1.54) is 12.4 Å². The monoisotopic (exact) mass is 286 g/mol. The van der Waals surface area contributed by atoms with Gasteiger partial charge in [0.1, 0.15) is 16.5 Å². The molecule has 18 heavy (non-hydrogen) atoms. The lowest BCUT2D eigenvalue weighted by Crippen LogP contribution is -2.25. The number of sulfone groups is 1. The zero-order valence-corrected chi connectivity index (χ0v) is 11.3. The van der Waals surface area contributed by atoms with E-state index in [1.54, 1.807) is 0 Å². The third-order valence-electron chi connectivity index (χ3n) is 2.88. The molecule has 1 atom stereocenters. The van der Waals surface area contributed by atoms with Crippen molar-refractivity contribution in [1.82, 2.24) is 9.97 Å². The molecule has 6 nitrogen and oxygen atoms in total. The van der Waals surface area contributed by atoms with Gasteiger partial charge in [-0.2, -0.15) is 0 Å². The Morgan fingerprint density at radius 1 is 1.50 bits per heavy atom. The van der Waals surface area contributed by atoms with Crippen LogP contribution in [0, 0.1) is 0 Å². The number of nitrogens with zero attached hydrogens (tertiary/aromatic N) is 2. The quantitative estimate of drug-likeness (QED) is 0.757. The number of rotatable bonds is 4. The number of hydrogen-bond acceptors (Lipinski definition) is 6. The summed E-state index contributed by atoms with van der Waals surface area (Å²) in [6.45, 7) is 0.365. The van der Waals surface area contributed by atoms with Crippen LogP contribution in [0.4, 0.5) is 5.82 Å². The van der Waals surface area contributed by atoms with Crippen LogP contribution in [-0.4, -0.2) is 40.9 Å². The van der Waals surface area contributed by atoms with Gasteiger partial charge in [-0.15, -0.1) is 0 Å². The van der Waals surface area contributed by atoms with Crippen LogP contribution in [-0.2, 0) is 9.84 Å². The SMILES string of the molecule is NC(=S)c1cnc(NCC2CCCS2(=O)=O)cn1. The standard InChI is InChI=1S/C10H14N4O2S2/c11-10(17)8-5-14-9(6-12-8)13-4-7-2-1-3-18(7,15)16/h5-7H,1-4H2,(H2,11,17)(H,13,14). The van der Waals surface area contributed by atoms with Gasteiger partial charge < -0.3 is 11.1 Å². The first-order chi connectivity index (χ1) is 8.49. The van der Waals surface area contributed by atoms with Crippen molar-refractivity contribution < 1.29 is 8.42 Å². The molecule has 2 heterocycles. The summed E-state index contributed by atoms with van der Waals surface area (Å²) in [5, 5.41) is 2.65. The minimum Gasteiger partial charge on any atom is -0.388 e. The highest BCUT2D eigenvalue weighted by Crippen LogP contribution is 2.20. The maximum Gasteiger partial charge on any atom is 0.154 e. The Bertz CT molecular complexity index is 542. The van der Waals surface area contributed by atoms with Crippen molar-refractivity contribution in [2.24, 2.45) is 5.73 Å². The largest absolute Gasteiger partial charge is 0.388 e. The molecule has 3 N–H and O–H groups in total. The van der Waals surface area contributed by atoms with Crippen molar-refractivity contribution in [3.63, 3.8) is 0 Å². The summed E-state index contributed by atoms with van der Waals surface area (Å²) in [6.07, 6.45) is 4.40. The molecule has 0 radical (unpaired) electrons. The van der Waals surface area contributed by atoms with Crippen LogP contribution in [0.25, 0.3) is 0 Å². The van der Waals surface area contributed by atoms with Crippen LogP contribution >= 0.6 is 12.2 Å². The molecule has 0 amide bonds. The molecular formula is C10H14N4O2S2. The highest BCUT2D eigenvalue weighted by atomic mass is 32.2. The van der Waals surface area contributed by atoms with E-state index in [9.17, 15) is 8.42 Å². The minimum atomic E-state index is -2.93. The van der Waals surface area contributed by atoms with Crippen molar-refractivity contribution in [2.75, 3.05) is 17.6 Å². The second kappa shape index (κ2) is 5.15. The first-order valence-corrected chi connectivity index (χ1v) is 7.69. The predicted molar refractivity (Wildman–Crippen MR) is 73.2 cm³/mol. The van der Waals surface area contributed by atoms with E-state index in [0.717, 1.165) is 6.42 Å². The van der Waals surface area contributed by atoms with Gasteiger partial charge in [0.05, 0.1) is 23.4 Å². The van der Waals surface area contributed by atoms with Crippen LogP contribution in [0.3, 0.4) is 0 Å². The van der Waals surface area contributed by atoms with Crippen molar-refractivity contribution >= 4 is 32.9 Å². The molecule has 1 saturated heterocycles. The van der Waals surface area contributed by atoms with E-state index in [0.29, 0.717) is 24.5 Å². The van der Waals surface area contributed by atoms with E-state index < -0.39 is 9.84 Å². The summed E-state index contributed by atoms with van der Waals surface area (Å²) >= 11 is 4.76. The number of anilines is 1. The summed E-state index contributed by atoms with van der Waals surface area (Å²) in [5.74, 6) is 0.808. The molecule has 0 saturated carbocycles. The summed E-state index contributed by atoms with van der Waals surface area (Å²) in [6, 6.07) is 0. The maximum absolute atomic E-state index is 11.6. The van der Waals surface area contributed by atoms with Gasteiger partial charge in [-0.25, -0.2) is 18.4 Å². The van der Waals surface area contributed by atoms with E-state index in [4.69, 9.17) is 18.0 Å². The molecule has 1 aromatic rings. The molecule has 1 aliphatic heterocycles. The Balaban J connectivity index is 1.96. The third-order valence-corrected chi connectivity index (χ3v) is 5.36. The van der Waals surface area contributed by atoms with E-state index in [-0.39, 0.29) is 16.0 Å². The molecule has 0 bridgehead atoms. The van der Waals surface area contributed by atoms with Gasteiger partial charge in [0.2, 0.25) is 0 Å². The first-order valence-electron chi connectivity index (χ1n) is 5.56. The molecule has 2 rings (SSSR count). The summed E-state index contributed by atoms with van der Waals surface area (Å²) in [4.78, 5) is 8.28. The van der Waals surface area contributed by atoms with Gasteiger partial charge in [0.15, 0.2) is 9.84 Å². The second-order valence-electron chi connectivity index (χ2n) is 4.16. The van der Waals surface area contributed by atoms with Crippen molar-refractivity contribution in [3.05, 3.63) is 18.1 Å². The Morgan fingerprint density at radius 3 is 2.78 bits per heavy atom. The normalized spacial score (nSPS) is 21.7. The zero-order valence-electron chi connectivity index (χ0n) is 9.67. The fraction of sp³-hybridized carbons (Fsp3) is 0.500. The minimum absolute atomic E-state index is 0.187. The molecule has 1 fully saturated rings. The number of nitrogens with one attached hydrogen (secondary N) is 1. The predicted octanol–water partition coefficient (Wildman–Crippen LogP) is 0.0999. The van der Waals surface area contributed by atoms with Gasteiger partial charge in [-0.1, -0.05) is 12.2 Å². The first kappa shape index (κ1) is 13.2. The van der Waals surface area contributed by atoms with Crippen LogP contribution < -0.4 is 11.1 Å². The highest BCUT2D eigenvalue weighted by Gasteiger charge is 2.30. The number of thiocarbonyl (C=S) groups is 1. The van der Waals surface area contributed by atoms with Gasteiger partial charge in [0, 0.05) is 6.54 Å². The van der Waals surface area contributed by atoms with Crippen LogP contribution in [0.5, 0.6) is 0 Å². The maximum atomic E-state index is 11.6. The molecule has 1 aliphatic rings. The van der Waals surface area contributed by atoms with Crippen molar-refractivity contribution in [3.8, 4) is 0 Å². The molecule has 98 valence electrons. The Labute approximate surface area is 111 Å². The average Bonchev–Trinajstić information content (AvgIpc) is 2.66. The molecule has 8 heteroatoms. The van der Waals surface area contributed by atoms with Crippen molar-refractivity contribution in [2.45, 2.75) is 18.1 Å². The van der Waals surface area contributed by atoms with E-state index >= 15 is 0 Å². The van der Waals surface area contributed by atoms with Gasteiger partial charge in [-0.3, -0.25) is 0 Å². The summed E-state index contributed by atoms with van der Waals surface area (Å²) in [7, 11) is -2.93. The van der Waals surface area contributed by atoms with E-state index in [1.807, 2.05) is 0 Å². The Kier molecular flexibility index (Phi) is 3.76. The Hall–Kier alpha value is -1.28. The fourth-order valence-electron chi connectivity index (χ4n) is 1.85. The zero-order chi connectivity index (χ0) is 13.2. The summed E-state index contributed by atoms with van der Waals surface area (Å²) in [5.41, 5.74) is 5.85. The molecule has 0 aliphatic carbocycles. The van der Waals surface area contributed by atoms with E-state index in [2.05, 4.69) is 15.3 Å². The lowest BCUT2D eigenvalue weighted by atomic mass is 10.2. The van der Waals surface area contributed by atoms with Gasteiger partial charge in [0.25, 0.3) is 0 Å². The van der Waals surface area contributed by atoms with Crippen LogP contribution in [0.1, 0.15) is 18.5 Å². The molecule has 0 spiro atoms. The van der Waals surface area contributed by atoms with Crippen LogP contribution in [0.15, 0.2) is 12.4 Å². The molecule has 1 aromatic heterocycles. The van der Waals surface area contributed by atoms with Crippen LogP contribution in [0.2, 0.25) is 0 Å².